The summed E-state index contributed by atoms with van der Waals surface area (Å²) >= 11 is 1.58. The minimum Gasteiger partial charge on any atom is -0.462 e. The van der Waals surface area contributed by atoms with Crippen molar-refractivity contribution >= 4 is 22.8 Å². The predicted molar refractivity (Wildman–Crippen MR) is 103 cm³/mol. The molecule has 3 rings (SSSR count). The van der Waals surface area contributed by atoms with Gasteiger partial charge in [-0.3, -0.25) is 0 Å². The van der Waals surface area contributed by atoms with E-state index in [0.29, 0.717) is 18.8 Å². The molecule has 0 N–H and O–H groups in total. The zero-order valence-corrected chi connectivity index (χ0v) is 16.2. The number of nitrogens with zero attached hydrogens (tertiary/aromatic N) is 2. The van der Waals surface area contributed by atoms with Crippen LogP contribution in [0.1, 0.15) is 59.4 Å². The van der Waals surface area contributed by atoms with E-state index in [9.17, 15) is 4.79 Å². The molecule has 0 bridgehead atoms. The van der Waals surface area contributed by atoms with E-state index in [1.807, 2.05) is 43.6 Å². The lowest BCUT2D eigenvalue weighted by Gasteiger charge is -2.22. The molecule has 0 aliphatic heterocycles. The third-order valence-corrected chi connectivity index (χ3v) is 5.10. The molecule has 0 aliphatic rings. The summed E-state index contributed by atoms with van der Waals surface area (Å²) in [5.41, 5.74) is 3.47. The zero-order chi connectivity index (χ0) is 18.5. The maximum atomic E-state index is 12.5. The van der Waals surface area contributed by atoms with Gasteiger partial charge in [-0.2, -0.15) is 0 Å². The third-order valence-electron chi connectivity index (χ3n) is 4.34. The molecule has 0 aliphatic carbocycles. The summed E-state index contributed by atoms with van der Waals surface area (Å²) in [4.78, 5) is 16.8. The van der Waals surface area contributed by atoms with E-state index in [4.69, 9.17) is 9.47 Å². The summed E-state index contributed by atoms with van der Waals surface area (Å²) in [5, 5.41) is 2.89. The van der Waals surface area contributed by atoms with E-state index in [2.05, 4.69) is 16.3 Å². The molecule has 1 unspecified atom stereocenters. The Balaban J connectivity index is 1.97. The second-order valence-electron chi connectivity index (χ2n) is 6.14. The fraction of sp³-hybridized carbons (Fsp3) is 0.400. The molecule has 0 spiro atoms. The normalized spacial score (nSPS) is 12.4. The summed E-state index contributed by atoms with van der Waals surface area (Å²) < 4.78 is 13.6. The van der Waals surface area contributed by atoms with Gasteiger partial charge in [0.05, 0.1) is 30.6 Å². The van der Waals surface area contributed by atoms with Crippen LogP contribution in [0.5, 0.6) is 0 Å². The molecular formula is C20H24N2O3S. The van der Waals surface area contributed by atoms with E-state index in [0.717, 1.165) is 34.6 Å². The fourth-order valence-electron chi connectivity index (χ4n) is 3.07. The van der Waals surface area contributed by atoms with Crippen LogP contribution in [0, 0.1) is 6.92 Å². The minimum atomic E-state index is -0.274. The van der Waals surface area contributed by atoms with Crippen LogP contribution in [0.25, 0.3) is 5.52 Å². The van der Waals surface area contributed by atoms with Crippen LogP contribution < -0.4 is 0 Å². The number of rotatable bonds is 8. The molecular weight excluding hydrogens is 348 g/mol. The first-order valence-corrected chi connectivity index (χ1v) is 9.81. The number of thiazole rings is 1. The van der Waals surface area contributed by atoms with Gasteiger partial charge >= 0.3 is 5.97 Å². The zero-order valence-electron chi connectivity index (χ0n) is 15.4. The molecule has 0 amide bonds. The number of pyridine rings is 1. The van der Waals surface area contributed by atoms with Crippen molar-refractivity contribution in [3.63, 3.8) is 0 Å². The van der Waals surface area contributed by atoms with Gasteiger partial charge in [0.25, 0.3) is 0 Å². The maximum absolute atomic E-state index is 12.5. The number of fused-ring (bicyclic) bond motifs is 1. The van der Waals surface area contributed by atoms with E-state index in [1.165, 1.54) is 0 Å². The highest BCUT2D eigenvalue weighted by molar-refractivity contribution is 7.09. The van der Waals surface area contributed by atoms with Gasteiger partial charge in [0.15, 0.2) is 0 Å². The first-order valence-electron chi connectivity index (χ1n) is 8.93. The summed E-state index contributed by atoms with van der Waals surface area (Å²) in [6.07, 6.45) is 5.26. The van der Waals surface area contributed by atoms with E-state index >= 15 is 0 Å². The van der Waals surface area contributed by atoms with Crippen LogP contribution in [-0.4, -0.2) is 22.0 Å². The predicted octanol–water partition coefficient (Wildman–Crippen LogP) is 4.94. The minimum absolute atomic E-state index is 0.132. The van der Waals surface area contributed by atoms with Crippen LogP contribution in [0.2, 0.25) is 0 Å². The van der Waals surface area contributed by atoms with Gasteiger partial charge < -0.3 is 13.9 Å². The van der Waals surface area contributed by atoms with Crippen LogP contribution in [0.3, 0.4) is 0 Å². The Morgan fingerprint density at radius 2 is 2.23 bits per heavy atom. The Bertz CT molecular complexity index is 871. The third kappa shape index (κ3) is 3.81. The summed E-state index contributed by atoms with van der Waals surface area (Å²) in [6.45, 7) is 6.93. The molecule has 1 atom stereocenters. The van der Waals surface area contributed by atoms with Crippen LogP contribution in [0.4, 0.5) is 0 Å². The fourth-order valence-corrected chi connectivity index (χ4v) is 3.61. The highest BCUT2D eigenvalue weighted by Gasteiger charge is 2.22. The molecule has 6 heteroatoms. The van der Waals surface area contributed by atoms with Crippen molar-refractivity contribution in [3.8, 4) is 0 Å². The lowest BCUT2D eigenvalue weighted by atomic mass is 10.0. The van der Waals surface area contributed by atoms with E-state index in [1.54, 1.807) is 17.5 Å². The summed E-state index contributed by atoms with van der Waals surface area (Å²) in [7, 11) is 0. The van der Waals surface area contributed by atoms with Gasteiger partial charge in [0.1, 0.15) is 5.01 Å². The first-order chi connectivity index (χ1) is 12.7. The standard InChI is InChI=1S/C20H24N2O3S/c1-4-10-24-20(23)16-12-15-7-6-9-22(15)19(14(16)3)17(5-2)25-13-18-21-8-11-26-18/h6-9,11-12,17H,4-5,10,13H2,1-3H3. The first kappa shape index (κ1) is 18.6. The topological polar surface area (TPSA) is 52.8 Å². The van der Waals surface area contributed by atoms with Crippen LogP contribution in [0.15, 0.2) is 36.0 Å². The highest BCUT2D eigenvalue weighted by atomic mass is 32.1. The number of aromatic nitrogens is 2. The smallest absolute Gasteiger partial charge is 0.338 e. The van der Waals surface area contributed by atoms with Gasteiger partial charge in [-0.1, -0.05) is 13.8 Å². The number of ether oxygens (including phenoxy) is 2. The second-order valence-corrected chi connectivity index (χ2v) is 7.12. The molecule has 3 aromatic heterocycles. The SMILES string of the molecule is CCCOC(=O)c1cc2cccn2c(C(CC)OCc2nccs2)c1C. The largest absolute Gasteiger partial charge is 0.462 e. The Hall–Kier alpha value is -2.18. The quantitative estimate of drug-likeness (QED) is 0.526. The maximum Gasteiger partial charge on any atom is 0.338 e. The molecule has 3 aromatic rings. The van der Waals surface area contributed by atoms with Gasteiger partial charge in [-0.15, -0.1) is 11.3 Å². The van der Waals surface area contributed by atoms with Crippen molar-refractivity contribution in [2.45, 2.75) is 46.3 Å². The number of carbonyl (C=O) groups is 1. The summed E-state index contributed by atoms with van der Waals surface area (Å²) in [5.74, 6) is -0.274. The Kier molecular flexibility index (Phi) is 6.06. The van der Waals surface area contributed by atoms with Gasteiger partial charge in [-0.25, -0.2) is 9.78 Å². The summed E-state index contributed by atoms with van der Waals surface area (Å²) in [6, 6.07) is 5.87. The van der Waals surface area contributed by atoms with Crippen LogP contribution in [-0.2, 0) is 16.1 Å². The highest BCUT2D eigenvalue weighted by Crippen LogP contribution is 2.30. The molecule has 138 valence electrons. The Labute approximate surface area is 157 Å². The monoisotopic (exact) mass is 372 g/mol. The average Bonchev–Trinajstić information content (AvgIpc) is 3.32. The lowest BCUT2D eigenvalue weighted by molar-refractivity contribution is 0.0328. The Morgan fingerprint density at radius 3 is 2.92 bits per heavy atom. The molecule has 0 fully saturated rings. The average molecular weight is 372 g/mol. The van der Waals surface area contributed by atoms with E-state index < -0.39 is 0 Å². The van der Waals surface area contributed by atoms with Crippen molar-refractivity contribution < 1.29 is 14.3 Å². The molecule has 3 heterocycles. The van der Waals surface area contributed by atoms with Crippen molar-refractivity contribution in [1.29, 1.82) is 0 Å². The lowest BCUT2D eigenvalue weighted by Crippen LogP contribution is -2.15. The van der Waals surface area contributed by atoms with Gasteiger partial charge in [-0.05, 0) is 43.5 Å². The van der Waals surface area contributed by atoms with Crippen molar-refractivity contribution in [3.05, 3.63) is 57.8 Å². The molecule has 0 aromatic carbocycles. The molecule has 0 saturated heterocycles. The second kappa shape index (κ2) is 8.47. The van der Waals surface area contributed by atoms with Gasteiger partial charge in [0, 0.05) is 23.3 Å². The molecule has 0 radical (unpaired) electrons. The number of hydrogen-bond acceptors (Lipinski definition) is 5. The number of hydrogen-bond donors (Lipinski definition) is 0. The molecule has 26 heavy (non-hydrogen) atoms. The Morgan fingerprint density at radius 1 is 1.38 bits per heavy atom. The number of carbonyl (C=O) groups excluding carboxylic acids is 1. The van der Waals surface area contributed by atoms with Crippen LogP contribution >= 0.6 is 11.3 Å². The van der Waals surface area contributed by atoms with Crippen molar-refractivity contribution in [1.82, 2.24) is 9.38 Å². The number of esters is 1. The van der Waals surface area contributed by atoms with Crippen molar-refractivity contribution in [2.75, 3.05) is 6.61 Å². The van der Waals surface area contributed by atoms with Gasteiger partial charge in [0.2, 0.25) is 0 Å². The van der Waals surface area contributed by atoms with E-state index in [-0.39, 0.29) is 12.1 Å². The molecule has 0 saturated carbocycles. The van der Waals surface area contributed by atoms with Crippen molar-refractivity contribution in [2.24, 2.45) is 0 Å². The molecule has 5 nitrogen and oxygen atoms in total.